The van der Waals surface area contributed by atoms with Gasteiger partial charge in [0, 0.05) is 18.1 Å². The summed E-state index contributed by atoms with van der Waals surface area (Å²) in [5.41, 5.74) is 1.62. The molecule has 0 fully saturated rings. The fraction of sp³-hybridized carbons (Fsp3) is 0.0556. The zero-order valence-corrected chi connectivity index (χ0v) is 12.4. The number of carbonyl (C=O) groups is 2. The fourth-order valence-corrected chi connectivity index (χ4v) is 2.41. The lowest BCUT2D eigenvalue weighted by molar-refractivity contribution is -0.135. The van der Waals surface area contributed by atoms with Crippen molar-refractivity contribution in [3.63, 3.8) is 0 Å². The van der Waals surface area contributed by atoms with Gasteiger partial charge in [0.2, 0.25) is 0 Å². The number of benzene rings is 2. The Morgan fingerprint density at radius 3 is 2.48 bits per heavy atom. The van der Waals surface area contributed by atoms with Crippen molar-refractivity contribution >= 4 is 33.9 Å². The van der Waals surface area contributed by atoms with Gasteiger partial charge in [-0.1, -0.05) is 30.3 Å². The molecule has 5 heteroatoms. The van der Waals surface area contributed by atoms with E-state index in [2.05, 4.69) is 15.0 Å². The number of esters is 1. The van der Waals surface area contributed by atoms with E-state index in [1.54, 1.807) is 30.6 Å². The molecule has 1 N–H and O–H groups in total. The number of rotatable bonds is 4. The quantitative estimate of drug-likeness (QED) is 0.455. The summed E-state index contributed by atoms with van der Waals surface area (Å²) >= 11 is 0. The molecule has 23 heavy (non-hydrogen) atoms. The molecule has 0 spiro atoms. The molecule has 0 unspecified atom stereocenters. The lowest BCUT2D eigenvalue weighted by Crippen LogP contribution is -2.17. The minimum Gasteiger partial charge on any atom is -0.463 e. The number of nitrogens with one attached hydrogen (secondary N) is 1. The highest BCUT2D eigenvalue weighted by atomic mass is 16.5. The zero-order chi connectivity index (χ0) is 16.2. The third kappa shape index (κ3) is 2.89. The van der Waals surface area contributed by atoms with Crippen LogP contribution >= 0.6 is 0 Å². The van der Waals surface area contributed by atoms with Gasteiger partial charge in [-0.05, 0) is 29.0 Å². The first kappa shape index (κ1) is 14.7. The summed E-state index contributed by atoms with van der Waals surface area (Å²) in [6.07, 6.45) is 3.29. The summed E-state index contributed by atoms with van der Waals surface area (Å²) in [6.45, 7) is 0. The first-order valence-electron chi connectivity index (χ1n) is 7.02. The van der Waals surface area contributed by atoms with Crippen molar-refractivity contribution in [3.05, 3.63) is 66.5 Å². The molecule has 0 aliphatic heterocycles. The Labute approximate surface area is 132 Å². The predicted octanol–water partition coefficient (Wildman–Crippen LogP) is 3.33. The Kier molecular flexibility index (Phi) is 4.01. The lowest BCUT2D eigenvalue weighted by Gasteiger charge is -2.13. The summed E-state index contributed by atoms with van der Waals surface area (Å²) in [5.74, 6) is -1.57. The van der Waals surface area contributed by atoms with Crippen molar-refractivity contribution in [2.45, 2.75) is 0 Å². The minimum absolute atomic E-state index is 0.298. The second-order valence-corrected chi connectivity index (χ2v) is 4.89. The van der Waals surface area contributed by atoms with Gasteiger partial charge in [0.1, 0.15) is 0 Å². The maximum absolute atomic E-state index is 12.5. The zero-order valence-electron chi connectivity index (χ0n) is 12.4. The summed E-state index contributed by atoms with van der Waals surface area (Å²) < 4.78 is 4.59. The van der Waals surface area contributed by atoms with E-state index >= 15 is 0 Å². The molecule has 0 aliphatic rings. The van der Waals surface area contributed by atoms with Gasteiger partial charge in [0.15, 0.2) is 0 Å². The van der Waals surface area contributed by atoms with E-state index in [0.29, 0.717) is 16.6 Å². The topological polar surface area (TPSA) is 68.3 Å². The van der Waals surface area contributed by atoms with Crippen LogP contribution in [0.15, 0.2) is 60.9 Å². The SMILES string of the molecule is COC(=O)C(=O)c1c(Nc2ccncc2)ccc2ccccc12. The van der Waals surface area contributed by atoms with Crippen LogP contribution in [0.2, 0.25) is 0 Å². The van der Waals surface area contributed by atoms with Gasteiger partial charge in [0.25, 0.3) is 5.78 Å². The maximum Gasteiger partial charge on any atom is 0.379 e. The van der Waals surface area contributed by atoms with Crippen molar-refractivity contribution in [3.8, 4) is 0 Å². The molecule has 0 radical (unpaired) electrons. The fourth-order valence-electron chi connectivity index (χ4n) is 2.41. The van der Waals surface area contributed by atoms with Gasteiger partial charge in [-0.15, -0.1) is 0 Å². The Hall–Kier alpha value is -3.21. The number of fused-ring (bicyclic) bond motifs is 1. The number of hydrogen-bond donors (Lipinski definition) is 1. The molecular weight excluding hydrogens is 292 g/mol. The van der Waals surface area contributed by atoms with E-state index in [1.807, 2.05) is 30.3 Å². The van der Waals surface area contributed by atoms with E-state index in [0.717, 1.165) is 11.1 Å². The standard InChI is InChI=1S/C18H14N2O3/c1-23-18(22)17(21)16-14-5-3-2-4-12(14)6-7-15(16)20-13-8-10-19-11-9-13/h2-11H,1H3,(H,19,20). The summed E-state index contributed by atoms with van der Waals surface area (Å²) in [5, 5.41) is 4.73. The van der Waals surface area contributed by atoms with Gasteiger partial charge in [-0.25, -0.2) is 4.79 Å². The third-order valence-electron chi connectivity index (χ3n) is 3.49. The average Bonchev–Trinajstić information content (AvgIpc) is 2.61. The number of aromatic nitrogens is 1. The molecule has 3 rings (SSSR count). The van der Waals surface area contributed by atoms with E-state index in [1.165, 1.54) is 7.11 Å². The summed E-state index contributed by atoms with van der Waals surface area (Å²) in [6, 6.07) is 14.6. The van der Waals surface area contributed by atoms with Crippen molar-refractivity contribution in [2.24, 2.45) is 0 Å². The molecular formula is C18H14N2O3. The van der Waals surface area contributed by atoms with Crippen LogP contribution < -0.4 is 5.32 Å². The van der Waals surface area contributed by atoms with Crippen LogP contribution in [-0.2, 0) is 9.53 Å². The Morgan fingerprint density at radius 1 is 1.00 bits per heavy atom. The highest BCUT2D eigenvalue weighted by Gasteiger charge is 2.23. The molecule has 0 amide bonds. The summed E-state index contributed by atoms with van der Waals surface area (Å²) in [4.78, 5) is 28.2. The molecule has 1 aromatic heterocycles. The van der Waals surface area contributed by atoms with Crippen LogP contribution in [0, 0.1) is 0 Å². The second-order valence-electron chi connectivity index (χ2n) is 4.89. The van der Waals surface area contributed by atoms with Crippen LogP contribution in [0.1, 0.15) is 10.4 Å². The van der Waals surface area contributed by atoms with Crippen molar-refractivity contribution < 1.29 is 14.3 Å². The molecule has 2 aromatic carbocycles. The number of ketones is 1. The first-order chi connectivity index (χ1) is 11.2. The van der Waals surface area contributed by atoms with Crippen LogP contribution in [0.25, 0.3) is 10.8 Å². The van der Waals surface area contributed by atoms with Gasteiger partial charge in [0.05, 0.1) is 18.4 Å². The number of ether oxygens (including phenoxy) is 1. The average molecular weight is 306 g/mol. The number of Topliss-reactive ketones (excluding diaryl/α,β-unsaturated/α-hetero) is 1. The predicted molar refractivity (Wildman–Crippen MR) is 87.8 cm³/mol. The largest absolute Gasteiger partial charge is 0.463 e. The molecule has 1 heterocycles. The van der Waals surface area contributed by atoms with Crippen LogP contribution in [-0.4, -0.2) is 23.8 Å². The normalized spacial score (nSPS) is 10.3. The molecule has 114 valence electrons. The molecule has 5 nitrogen and oxygen atoms in total. The highest BCUT2D eigenvalue weighted by molar-refractivity contribution is 6.44. The molecule has 0 saturated carbocycles. The number of pyridine rings is 1. The number of nitrogens with zero attached hydrogens (tertiary/aromatic N) is 1. The molecule has 3 aromatic rings. The molecule has 0 aliphatic carbocycles. The van der Waals surface area contributed by atoms with E-state index < -0.39 is 11.8 Å². The van der Waals surface area contributed by atoms with Gasteiger partial charge in [-0.2, -0.15) is 0 Å². The first-order valence-corrected chi connectivity index (χ1v) is 7.02. The Bertz CT molecular complexity index is 876. The Balaban J connectivity index is 2.17. The number of hydrogen-bond acceptors (Lipinski definition) is 5. The second kappa shape index (κ2) is 6.27. The highest BCUT2D eigenvalue weighted by Crippen LogP contribution is 2.29. The molecule has 0 saturated heterocycles. The van der Waals surface area contributed by atoms with Crippen molar-refractivity contribution in [2.75, 3.05) is 12.4 Å². The number of carbonyl (C=O) groups excluding carboxylic acids is 2. The van der Waals surface area contributed by atoms with Gasteiger partial charge in [-0.3, -0.25) is 9.78 Å². The van der Waals surface area contributed by atoms with E-state index in [-0.39, 0.29) is 0 Å². The van der Waals surface area contributed by atoms with Crippen molar-refractivity contribution in [1.29, 1.82) is 0 Å². The third-order valence-corrected chi connectivity index (χ3v) is 3.49. The summed E-state index contributed by atoms with van der Waals surface area (Å²) in [7, 11) is 1.20. The van der Waals surface area contributed by atoms with Gasteiger partial charge < -0.3 is 10.1 Å². The smallest absolute Gasteiger partial charge is 0.379 e. The monoisotopic (exact) mass is 306 g/mol. The minimum atomic E-state index is -0.890. The Morgan fingerprint density at radius 2 is 1.74 bits per heavy atom. The van der Waals surface area contributed by atoms with Gasteiger partial charge >= 0.3 is 5.97 Å². The maximum atomic E-state index is 12.5. The van der Waals surface area contributed by atoms with Crippen LogP contribution in [0.5, 0.6) is 0 Å². The van der Waals surface area contributed by atoms with Crippen LogP contribution in [0.4, 0.5) is 11.4 Å². The molecule has 0 bridgehead atoms. The number of methoxy groups -OCH3 is 1. The molecule has 0 atom stereocenters. The van der Waals surface area contributed by atoms with Crippen LogP contribution in [0.3, 0.4) is 0 Å². The van der Waals surface area contributed by atoms with E-state index in [9.17, 15) is 9.59 Å². The van der Waals surface area contributed by atoms with Crippen molar-refractivity contribution in [1.82, 2.24) is 4.98 Å². The van der Waals surface area contributed by atoms with E-state index in [4.69, 9.17) is 0 Å². The lowest BCUT2D eigenvalue weighted by atomic mass is 9.99. The number of anilines is 2.